The van der Waals surface area contributed by atoms with Crippen molar-refractivity contribution in [3.8, 4) is 0 Å². The number of amides is 1. The van der Waals surface area contributed by atoms with Crippen molar-refractivity contribution in [2.24, 2.45) is 0 Å². The van der Waals surface area contributed by atoms with E-state index in [-0.39, 0.29) is 24.4 Å². The molecular formula is C15H24ClN3O. The molecule has 1 atom stereocenters. The van der Waals surface area contributed by atoms with Crippen LogP contribution in [0, 0.1) is 0 Å². The molecule has 2 rings (SSSR count). The van der Waals surface area contributed by atoms with Crippen molar-refractivity contribution in [2.75, 3.05) is 19.6 Å². The van der Waals surface area contributed by atoms with E-state index >= 15 is 0 Å². The largest absolute Gasteiger partial charge is 0.351 e. The van der Waals surface area contributed by atoms with Crippen molar-refractivity contribution in [1.82, 2.24) is 16.0 Å². The smallest absolute Gasteiger partial charge is 0.238 e. The number of nitrogens with one attached hydrogen (secondary N) is 3. The highest BCUT2D eigenvalue weighted by Crippen LogP contribution is 2.14. The topological polar surface area (TPSA) is 53.2 Å². The van der Waals surface area contributed by atoms with Crippen molar-refractivity contribution in [1.29, 1.82) is 0 Å². The first-order valence-corrected chi connectivity index (χ1v) is 6.97. The third kappa shape index (κ3) is 4.78. The fourth-order valence-electron chi connectivity index (χ4n) is 2.17. The normalized spacial score (nSPS) is 18.4. The molecular weight excluding hydrogens is 274 g/mol. The van der Waals surface area contributed by atoms with E-state index in [1.54, 1.807) is 0 Å². The van der Waals surface area contributed by atoms with Crippen molar-refractivity contribution in [3.63, 3.8) is 0 Å². The van der Waals surface area contributed by atoms with Crippen LogP contribution in [0.2, 0.25) is 0 Å². The second-order valence-electron chi connectivity index (χ2n) is 5.32. The maximum absolute atomic E-state index is 11.9. The van der Waals surface area contributed by atoms with Gasteiger partial charge in [-0.1, -0.05) is 38.1 Å². The van der Waals surface area contributed by atoms with Crippen LogP contribution < -0.4 is 16.0 Å². The van der Waals surface area contributed by atoms with E-state index in [2.05, 4.69) is 54.1 Å². The molecule has 3 N–H and O–H groups in total. The van der Waals surface area contributed by atoms with Gasteiger partial charge in [-0.25, -0.2) is 0 Å². The van der Waals surface area contributed by atoms with E-state index < -0.39 is 0 Å². The SMILES string of the molecule is CC(C)c1ccc(CNC(=O)C2CNCCN2)cc1.Cl. The Balaban J connectivity index is 0.00000200. The maximum Gasteiger partial charge on any atom is 0.238 e. The van der Waals surface area contributed by atoms with E-state index in [1.165, 1.54) is 5.56 Å². The van der Waals surface area contributed by atoms with Crippen molar-refractivity contribution in [3.05, 3.63) is 35.4 Å². The summed E-state index contributed by atoms with van der Waals surface area (Å²) in [5.41, 5.74) is 2.47. The average Bonchev–Trinajstić information content (AvgIpc) is 2.46. The highest BCUT2D eigenvalue weighted by Gasteiger charge is 2.19. The summed E-state index contributed by atoms with van der Waals surface area (Å²) in [6.45, 7) is 7.44. The molecule has 4 nitrogen and oxygen atoms in total. The molecule has 0 spiro atoms. The van der Waals surface area contributed by atoms with Gasteiger partial charge in [-0.05, 0) is 17.0 Å². The van der Waals surface area contributed by atoms with Gasteiger partial charge in [0.25, 0.3) is 0 Å². The van der Waals surface area contributed by atoms with Crippen LogP contribution in [0.15, 0.2) is 24.3 Å². The van der Waals surface area contributed by atoms with E-state index in [0.29, 0.717) is 19.0 Å². The standard InChI is InChI=1S/C15H23N3O.ClH/c1-11(2)13-5-3-12(4-6-13)9-18-15(19)14-10-16-7-8-17-14;/h3-6,11,14,16-17H,7-10H2,1-2H3,(H,18,19);1H. The first-order valence-electron chi connectivity index (χ1n) is 6.97. The van der Waals surface area contributed by atoms with Gasteiger partial charge in [-0.2, -0.15) is 0 Å². The molecule has 0 aromatic heterocycles. The Labute approximate surface area is 127 Å². The molecule has 112 valence electrons. The maximum atomic E-state index is 11.9. The number of rotatable bonds is 4. The second kappa shape index (κ2) is 8.25. The fourth-order valence-corrected chi connectivity index (χ4v) is 2.17. The summed E-state index contributed by atoms with van der Waals surface area (Å²) in [6.07, 6.45) is 0. The Hall–Kier alpha value is -1.10. The minimum atomic E-state index is -0.108. The van der Waals surface area contributed by atoms with Gasteiger partial charge < -0.3 is 16.0 Å². The summed E-state index contributed by atoms with van der Waals surface area (Å²) in [4.78, 5) is 11.9. The Morgan fingerprint density at radius 2 is 2.00 bits per heavy atom. The summed E-state index contributed by atoms with van der Waals surface area (Å²) < 4.78 is 0. The number of benzene rings is 1. The number of carbonyl (C=O) groups excluding carboxylic acids is 1. The lowest BCUT2D eigenvalue weighted by Gasteiger charge is -2.23. The molecule has 1 aromatic rings. The molecule has 1 heterocycles. The molecule has 0 aliphatic carbocycles. The predicted molar refractivity (Wildman–Crippen MR) is 84.3 cm³/mol. The third-order valence-corrected chi connectivity index (χ3v) is 3.47. The zero-order chi connectivity index (χ0) is 13.7. The van der Waals surface area contributed by atoms with E-state index in [1.807, 2.05) is 0 Å². The van der Waals surface area contributed by atoms with Gasteiger partial charge in [0.1, 0.15) is 0 Å². The predicted octanol–water partition coefficient (Wildman–Crippen LogP) is 1.41. The first kappa shape index (κ1) is 17.0. The molecule has 1 aliphatic heterocycles. The van der Waals surface area contributed by atoms with Crippen LogP contribution in [0.3, 0.4) is 0 Å². The quantitative estimate of drug-likeness (QED) is 0.788. The molecule has 0 radical (unpaired) electrons. The lowest BCUT2D eigenvalue weighted by Crippen LogP contribution is -2.55. The zero-order valence-electron chi connectivity index (χ0n) is 12.1. The Bertz CT molecular complexity index is 414. The van der Waals surface area contributed by atoms with Gasteiger partial charge in [0, 0.05) is 26.2 Å². The molecule has 1 saturated heterocycles. The van der Waals surface area contributed by atoms with Gasteiger partial charge in [-0.15, -0.1) is 12.4 Å². The molecule has 5 heteroatoms. The minimum absolute atomic E-state index is 0. The molecule has 1 aliphatic rings. The van der Waals surface area contributed by atoms with Gasteiger partial charge >= 0.3 is 0 Å². The molecule has 1 fully saturated rings. The van der Waals surface area contributed by atoms with Crippen molar-refractivity contribution >= 4 is 18.3 Å². The van der Waals surface area contributed by atoms with Crippen LogP contribution in [0.1, 0.15) is 30.9 Å². The van der Waals surface area contributed by atoms with Crippen LogP contribution in [-0.2, 0) is 11.3 Å². The van der Waals surface area contributed by atoms with Crippen LogP contribution in [0.25, 0.3) is 0 Å². The number of carbonyl (C=O) groups is 1. The first-order chi connectivity index (χ1) is 9.16. The molecule has 0 saturated carbocycles. The van der Waals surface area contributed by atoms with Crippen LogP contribution in [-0.4, -0.2) is 31.6 Å². The fraction of sp³-hybridized carbons (Fsp3) is 0.533. The van der Waals surface area contributed by atoms with Crippen LogP contribution >= 0.6 is 12.4 Å². The van der Waals surface area contributed by atoms with E-state index in [9.17, 15) is 4.79 Å². The Kier molecular flexibility index (Phi) is 6.99. The zero-order valence-corrected chi connectivity index (χ0v) is 12.9. The van der Waals surface area contributed by atoms with E-state index in [4.69, 9.17) is 0 Å². The third-order valence-electron chi connectivity index (χ3n) is 3.47. The Morgan fingerprint density at radius 1 is 1.30 bits per heavy atom. The number of halogens is 1. The summed E-state index contributed by atoms with van der Waals surface area (Å²) in [6, 6.07) is 8.33. The second-order valence-corrected chi connectivity index (χ2v) is 5.32. The molecule has 0 bridgehead atoms. The van der Waals surface area contributed by atoms with Gasteiger partial charge in [0.15, 0.2) is 0 Å². The highest BCUT2D eigenvalue weighted by atomic mass is 35.5. The van der Waals surface area contributed by atoms with Gasteiger partial charge in [0.05, 0.1) is 6.04 Å². The van der Waals surface area contributed by atoms with E-state index in [0.717, 1.165) is 18.7 Å². The molecule has 1 unspecified atom stereocenters. The highest BCUT2D eigenvalue weighted by molar-refractivity contribution is 5.85. The van der Waals surface area contributed by atoms with Gasteiger partial charge in [0.2, 0.25) is 5.91 Å². The summed E-state index contributed by atoms with van der Waals surface area (Å²) in [5.74, 6) is 0.612. The summed E-state index contributed by atoms with van der Waals surface area (Å²) in [5, 5.41) is 9.39. The molecule has 1 aromatic carbocycles. The van der Waals surface area contributed by atoms with Crippen molar-refractivity contribution in [2.45, 2.75) is 32.4 Å². The monoisotopic (exact) mass is 297 g/mol. The van der Waals surface area contributed by atoms with Gasteiger partial charge in [-0.3, -0.25) is 4.79 Å². The van der Waals surface area contributed by atoms with Crippen molar-refractivity contribution < 1.29 is 4.79 Å². The number of piperazine rings is 1. The lowest BCUT2D eigenvalue weighted by molar-refractivity contribution is -0.123. The number of hydrogen-bond donors (Lipinski definition) is 3. The minimum Gasteiger partial charge on any atom is -0.351 e. The molecule has 1 amide bonds. The molecule has 20 heavy (non-hydrogen) atoms. The van der Waals surface area contributed by atoms with Crippen LogP contribution in [0.5, 0.6) is 0 Å². The lowest BCUT2D eigenvalue weighted by atomic mass is 10.0. The average molecular weight is 298 g/mol. The summed E-state index contributed by atoms with van der Waals surface area (Å²) >= 11 is 0. The van der Waals surface area contributed by atoms with Crippen LogP contribution in [0.4, 0.5) is 0 Å². The summed E-state index contributed by atoms with van der Waals surface area (Å²) in [7, 11) is 0. The Morgan fingerprint density at radius 3 is 2.55 bits per heavy atom. The number of hydrogen-bond acceptors (Lipinski definition) is 3.